The number of carbonyl (C=O) groups is 3. The van der Waals surface area contributed by atoms with Crippen LogP contribution in [0, 0.1) is 0 Å². The zero-order valence-electron chi connectivity index (χ0n) is 12.1. The molecule has 1 aromatic rings. The summed E-state index contributed by atoms with van der Waals surface area (Å²) < 4.78 is 15.5. The first-order valence-electron chi connectivity index (χ1n) is 6.47. The number of alkyl carbamates (subject to hydrolysis) is 1. The summed E-state index contributed by atoms with van der Waals surface area (Å²) in [5, 5.41) is 1.91. The predicted molar refractivity (Wildman–Crippen MR) is 80.4 cm³/mol. The first-order valence-corrected chi connectivity index (χ1v) is 7.27. The van der Waals surface area contributed by atoms with Crippen molar-refractivity contribution in [1.29, 1.82) is 0 Å². The van der Waals surface area contributed by atoms with Crippen LogP contribution in [0.2, 0.25) is 0 Å². The van der Waals surface area contributed by atoms with E-state index < -0.39 is 30.7 Å². The topological polar surface area (TPSA) is 90.9 Å². The molecular formula is C14H16BrNO6. The van der Waals surface area contributed by atoms with Crippen molar-refractivity contribution >= 4 is 33.9 Å². The Balaban J connectivity index is 2.36. The molecule has 0 aliphatic carbocycles. The number of halogens is 1. The fraction of sp³-hybridized carbons (Fsp3) is 0.357. The van der Waals surface area contributed by atoms with Crippen molar-refractivity contribution in [2.45, 2.75) is 20.0 Å². The van der Waals surface area contributed by atoms with Gasteiger partial charge in [0.25, 0.3) is 5.91 Å². The van der Waals surface area contributed by atoms with Gasteiger partial charge in [-0.05, 0) is 38.1 Å². The molecule has 1 N–H and O–H groups in total. The summed E-state index contributed by atoms with van der Waals surface area (Å²) in [4.78, 5) is 34.0. The molecule has 0 aliphatic rings. The predicted octanol–water partition coefficient (Wildman–Crippen LogP) is 2.03. The highest BCUT2D eigenvalue weighted by atomic mass is 79.9. The van der Waals surface area contributed by atoms with E-state index in [1.165, 1.54) is 6.92 Å². The molecule has 0 aliphatic heterocycles. The van der Waals surface area contributed by atoms with Crippen LogP contribution in [-0.4, -0.2) is 37.3 Å². The van der Waals surface area contributed by atoms with Crippen LogP contribution in [0.5, 0.6) is 5.75 Å². The zero-order valence-corrected chi connectivity index (χ0v) is 13.7. The van der Waals surface area contributed by atoms with Gasteiger partial charge in [-0.1, -0.05) is 15.9 Å². The van der Waals surface area contributed by atoms with Crippen molar-refractivity contribution in [3.8, 4) is 5.75 Å². The zero-order chi connectivity index (χ0) is 16.5. The largest absolute Gasteiger partial charge is 0.479 e. The van der Waals surface area contributed by atoms with Gasteiger partial charge in [-0.25, -0.2) is 9.59 Å². The molecule has 0 saturated heterocycles. The number of hydrogen-bond donors (Lipinski definition) is 1. The second-order valence-corrected chi connectivity index (χ2v) is 5.01. The van der Waals surface area contributed by atoms with Gasteiger partial charge in [-0.2, -0.15) is 0 Å². The van der Waals surface area contributed by atoms with Crippen LogP contribution in [0.15, 0.2) is 28.7 Å². The van der Waals surface area contributed by atoms with Crippen molar-refractivity contribution in [2.75, 3.05) is 13.2 Å². The van der Waals surface area contributed by atoms with Crippen LogP contribution >= 0.6 is 15.9 Å². The lowest BCUT2D eigenvalue weighted by Gasteiger charge is -2.13. The van der Waals surface area contributed by atoms with E-state index in [0.717, 1.165) is 4.47 Å². The summed E-state index contributed by atoms with van der Waals surface area (Å²) in [6.45, 7) is 2.64. The molecule has 0 fully saturated rings. The number of nitrogens with one attached hydrogen (secondary N) is 1. The maximum absolute atomic E-state index is 11.7. The van der Waals surface area contributed by atoms with Crippen molar-refractivity contribution in [3.63, 3.8) is 0 Å². The number of ether oxygens (including phenoxy) is 3. The van der Waals surface area contributed by atoms with Crippen molar-refractivity contribution in [2.24, 2.45) is 0 Å². The van der Waals surface area contributed by atoms with Gasteiger partial charge in [0.05, 0.1) is 6.61 Å². The Hall–Kier alpha value is -2.09. The average molecular weight is 374 g/mol. The smallest absolute Gasteiger partial charge is 0.413 e. The van der Waals surface area contributed by atoms with Crippen LogP contribution in [0.1, 0.15) is 13.8 Å². The third-order valence-electron chi connectivity index (χ3n) is 2.32. The van der Waals surface area contributed by atoms with Crippen LogP contribution in [0.3, 0.4) is 0 Å². The molecule has 0 heterocycles. The second kappa shape index (κ2) is 9.04. The highest BCUT2D eigenvalue weighted by molar-refractivity contribution is 9.10. The van der Waals surface area contributed by atoms with Gasteiger partial charge in [-0.15, -0.1) is 0 Å². The highest BCUT2D eigenvalue weighted by Gasteiger charge is 2.18. The van der Waals surface area contributed by atoms with Gasteiger partial charge >= 0.3 is 12.1 Å². The number of esters is 1. The molecule has 1 rings (SSSR count). The summed E-state index contributed by atoms with van der Waals surface area (Å²) in [7, 11) is 0. The molecule has 0 aromatic heterocycles. The fourth-order valence-corrected chi connectivity index (χ4v) is 1.60. The molecule has 0 bridgehead atoms. The van der Waals surface area contributed by atoms with Crippen LogP contribution in [0.25, 0.3) is 0 Å². The first kappa shape index (κ1) is 18.0. The summed E-state index contributed by atoms with van der Waals surface area (Å²) >= 11 is 3.28. The molecule has 0 spiro atoms. The van der Waals surface area contributed by atoms with E-state index in [2.05, 4.69) is 20.7 Å². The van der Waals surface area contributed by atoms with Crippen molar-refractivity contribution in [3.05, 3.63) is 28.7 Å². The summed E-state index contributed by atoms with van der Waals surface area (Å²) in [6, 6.07) is 6.89. The van der Waals surface area contributed by atoms with E-state index in [0.29, 0.717) is 5.75 Å². The molecule has 22 heavy (non-hydrogen) atoms. The van der Waals surface area contributed by atoms with Crippen LogP contribution in [0.4, 0.5) is 4.79 Å². The quantitative estimate of drug-likeness (QED) is 0.767. The van der Waals surface area contributed by atoms with E-state index in [1.807, 2.05) is 5.32 Å². The van der Waals surface area contributed by atoms with Crippen LogP contribution in [-0.2, 0) is 19.1 Å². The Labute approximate surface area is 136 Å². The summed E-state index contributed by atoms with van der Waals surface area (Å²) in [5.41, 5.74) is 0. The number of imide groups is 1. The van der Waals surface area contributed by atoms with E-state index in [-0.39, 0.29) is 6.61 Å². The lowest BCUT2D eigenvalue weighted by molar-refractivity contribution is -0.154. The minimum absolute atomic E-state index is 0.136. The first-order chi connectivity index (χ1) is 10.4. The second-order valence-electron chi connectivity index (χ2n) is 4.09. The van der Waals surface area contributed by atoms with Gasteiger partial charge < -0.3 is 14.2 Å². The molecule has 120 valence electrons. The average Bonchev–Trinajstić information content (AvgIpc) is 2.47. The van der Waals surface area contributed by atoms with Gasteiger partial charge in [-0.3, -0.25) is 10.1 Å². The Morgan fingerprint density at radius 1 is 1.18 bits per heavy atom. The maximum Gasteiger partial charge on any atom is 0.413 e. The minimum Gasteiger partial charge on any atom is -0.479 e. The minimum atomic E-state index is -0.892. The van der Waals surface area contributed by atoms with Crippen molar-refractivity contribution in [1.82, 2.24) is 5.32 Å². The number of hydrogen-bond acceptors (Lipinski definition) is 6. The number of carbonyl (C=O) groups excluding carboxylic acids is 3. The summed E-state index contributed by atoms with van der Waals surface area (Å²) in [6.07, 6.45) is -1.78. The SMILES string of the molecule is CCOC(=O)NC(=O)COC(=O)[C@H](C)Oc1ccc(Br)cc1. The monoisotopic (exact) mass is 373 g/mol. The van der Waals surface area contributed by atoms with E-state index >= 15 is 0 Å². The van der Waals surface area contributed by atoms with E-state index in [4.69, 9.17) is 9.47 Å². The molecule has 7 nitrogen and oxygen atoms in total. The molecule has 0 unspecified atom stereocenters. The van der Waals surface area contributed by atoms with Gasteiger partial charge in [0, 0.05) is 4.47 Å². The van der Waals surface area contributed by atoms with Gasteiger partial charge in [0.2, 0.25) is 0 Å². The molecular weight excluding hydrogens is 358 g/mol. The van der Waals surface area contributed by atoms with Crippen LogP contribution < -0.4 is 10.1 Å². The highest BCUT2D eigenvalue weighted by Crippen LogP contribution is 2.17. The molecule has 0 saturated carbocycles. The maximum atomic E-state index is 11.7. The lowest BCUT2D eigenvalue weighted by Crippen LogP contribution is -2.36. The Bertz CT molecular complexity index is 531. The molecule has 8 heteroatoms. The standard InChI is InChI=1S/C14H16BrNO6/c1-3-20-14(19)16-12(17)8-21-13(18)9(2)22-11-6-4-10(15)5-7-11/h4-7,9H,3,8H2,1-2H3,(H,16,17,19)/t9-/m0/s1. The van der Waals surface area contributed by atoms with E-state index in [1.54, 1.807) is 31.2 Å². The lowest BCUT2D eigenvalue weighted by atomic mass is 10.3. The Morgan fingerprint density at radius 3 is 2.41 bits per heavy atom. The molecule has 1 aromatic carbocycles. The van der Waals surface area contributed by atoms with Crippen molar-refractivity contribution < 1.29 is 28.6 Å². The third kappa shape index (κ3) is 6.57. The van der Waals surface area contributed by atoms with Gasteiger partial charge in [0.15, 0.2) is 12.7 Å². The van der Waals surface area contributed by atoms with Gasteiger partial charge in [0.1, 0.15) is 5.75 Å². The molecule has 0 radical (unpaired) electrons. The summed E-state index contributed by atoms with van der Waals surface area (Å²) in [5.74, 6) is -1.01. The number of amides is 2. The Kier molecular flexibility index (Phi) is 7.38. The fourth-order valence-electron chi connectivity index (χ4n) is 1.34. The normalized spacial score (nSPS) is 11.2. The Morgan fingerprint density at radius 2 is 1.82 bits per heavy atom. The number of rotatable bonds is 6. The van der Waals surface area contributed by atoms with E-state index in [9.17, 15) is 14.4 Å². The molecule has 1 atom stereocenters. The third-order valence-corrected chi connectivity index (χ3v) is 2.85. The number of benzene rings is 1. The molecule has 2 amide bonds.